The van der Waals surface area contributed by atoms with Crippen LogP contribution in [0.15, 0.2) is 58.8 Å². The van der Waals surface area contributed by atoms with Gasteiger partial charge in [-0.1, -0.05) is 18.2 Å². The number of rotatable bonds is 4. The van der Waals surface area contributed by atoms with Gasteiger partial charge in [-0.3, -0.25) is 0 Å². The molecule has 3 aromatic rings. The van der Waals surface area contributed by atoms with Crippen LogP contribution in [0.5, 0.6) is 0 Å². The van der Waals surface area contributed by atoms with Crippen LogP contribution in [0.4, 0.5) is 24.0 Å². The zero-order valence-electron chi connectivity index (χ0n) is 12.6. The van der Waals surface area contributed by atoms with E-state index < -0.39 is 11.7 Å². The molecule has 0 atom stereocenters. The van der Waals surface area contributed by atoms with Gasteiger partial charge < -0.3 is 5.32 Å². The molecule has 0 fully saturated rings. The first kappa shape index (κ1) is 16.9. The van der Waals surface area contributed by atoms with Crippen molar-refractivity contribution in [3.05, 3.63) is 59.5 Å². The zero-order valence-corrected chi connectivity index (χ0v) is 14.2. The van der Waals surface area contributed by atoms with Crippen LogP contribution in [0.1, 0.15) is 5.56 Å². The van der Waals surface area contributed by atoms with Crippen LogP contribution in [0.3, 0.4) is 0 Å². The number of benzene rings is 2. The Bertz CT molecular complexity index is 844. The molecule has 1 aromatic heterocycles. The summed E-state index contributed by atoms with van der Waals surface area (Å²) in [6.07, 6.45) is -2.36. The molecule has 3 rings (SSSR count). The second kappa shape index (κ2) is 6.86. The van der Waals surface area contributed by atoms with Gasteiger partial charge in [0, 0.05) is 21.5 Å². The smallest absolute Gasteiger partial charge is 0.332 e. The summed E-state index contributed by atoms with van der Waals surface area (Å²) in [4.78, 5) is 5.59. The first-order valence-electron chi connectivity index (χ1n) is 7.00. The number of thiazole rings is 1. The maximum atomic E-state index is 12.8. The lowest BCUT2D eigenvalue weighted by Crippen LogP contribution is -2.05. The van der Waals surface area contributed by atoms with Crippen LogP contribution in [-0.4, -0.2) is 11.2 Å². The van der Waals surface area contributed by atoms with E-state index in [1.54, 1.807) is 17.8 Å². The van der Waals surface area contributed by atoms with Gasteiger partial charge in [-0.15, -0.1) is 23.1 Å². The first-order valence-corrected chi connectivity index (χ1v) is 9.10. The molecule has 7 heteroatoms. The Labute approximate surface area is 145 Å². The fourth-order valence-corrected chi connectivity index (χ4v) is 3.34. The number of nitrogens with zero attached hydrogens (tertiary/aromatic N) is 1. The van der Waals surface area contributed by atoms with Crippen molar-refractivity contribution >= 4 is 33.9 Å². The molecule has 0 radical (unpaired) electrons. The summed E-state index contributed by atoms with van der Waals surface area (Å²) in [5.41, 5.74) is 1.46. The number of halogens is 3. The maximum Gasteiger partial charge on any atom is 0.416 e. The summed E-state index contributed by atoms with van der Waals surface area (Å²) in [6.45, 7) is 0. The average Bonchev–Trinajstić information content (AvgIpc) is 3.03. The Morgan fingerprint density at radius 1 is 1.08 bits per heavy atom. The number of hydrogen-bond acceptors (Lipinski definition) is 4. The van der Waals surface area contributed by atoms with E-state index in [9.17, 15) is 13.2 Å². The van der Waals surface area contributed by atoms with Gasteiger partial charge in [-0.05, 0) is 36.6 Å². The third-order valence-electron chi connectivity index (χ3n) is 3.31. The quantitative estimate of drug-likeness (QED) is 0.549. The van der Waals surface area contributed by atoms with E-state index >= 15 is 0 Å². The summed E-state index contributed by atoms with van der Waals surface area (Å²) < 4.78 is 38.3. The molecule has 0 aliphatic rings. The molecule has 2 aromatic carbocycles. The van der Waals surface area contributed by atoms with Crippen molar-refractivity contribution in [1.82, 2.24) is 4.98 Å². The summed E-state index contributed by atoms with van der Waals surface area (Å²) in [7, 11) is 0. The largest absolute Gasteiger partial charge is 0.416 e. The highest BCUT2D eigenvalue weighted by Gasteiger charge is 2.30. The molecule has 24 heavy (non-hydrogen) atoms. The van der Waals surface area contributed by atoms with E-state index in [1.807, 2.05) is 35.9 Å². The molecule has 0 spiro atoms. The van der Waals surface area contributed by atoms with Crippen LogP contribution < -0.4 is 5.32 Å². The monoisotopic (exact) mass is 366 g/mol. The third-order valence-corrected chi connectivity index (χ3v) is 4.79. The van der Waals surface area contributed by atoms with E-state index in [-0.39, 0.29) is 0 Å². The second-order valence-corrected chi connectivity index (χ2v) is 6.71. The predicted molar refractivity (Wildman–Crippen MR) is 94.1 cm³/mol. The number of alkyl halides is 3. The highest BCUT2D eigenvalue weighted by atomic mass is 32.2. The van der Waals surface area contributed by atoms with Gasteiger partial charge in [-0.25, -0.2) is 4.98 Å². The van der Waals surface area contributed by atoms with E-state index in [0.29, 0.717) is 10.8 Å². The number of aromatic nitrogens is 1. The molecular weight excluding hydrogens is 353 g/mol. The van der Waals surface area contributed by atoms with Crippen LogP contribution in [0, 0.1) is 0 Å². The van der Waals surface area contributed by atoms with Crippen molar-refractivity contribution in [3.8, 4) is 11.3 Å². The fourth-order valence-electron chi connectivity index (χ4n) is 2.14. The topological polar surface area (TPSA) is 24.9 Å². The van der Waals surface area contributed by atoms with Crippen LogP contribution >= 0.6 is 23.1 Å². The van der Waals surface area contributed by atoms with Crippen molar-refractivity contribution in [2.75, 3.05) is 11.6 Å². The molecule has 0 saturated heterocycles. The van der Waals surface area contributed by atoms with Crippen molar-refractivity contribution < 1.29 is 13.2 Å². The number of thioether (sulfide) groups is 1. The molecule has 0 aliphatic heterocycles. The minimum atomic E-state index is -4.36. The minimum absolute atomic E-state index is 0.364. The summed E-state index contributed by atoms with van der Waals surface area (Å²) in [5.74, 6) is 0. The number of hydrogen-bond donors (Lipinski definition) is 1. The predicted octanol–water partition coefficient (Wildman–Crippen LogP) is 6.29. The van der Waals surface area contributed by atoms with Crippen molar-refractivity contribution in [1.29, 1.82) is 0 Å². The molecule has 0 aliphatic carbocycles. The number of anilines is 2. The number of nitrogens with one attached hydrogen (secondary N) is 1. The lowest BCUT2D eigenvalue weighted by molar-refractivity contribution is -0.137. The van der Waals surface area contributed by atoms with E-state index in [1.165, 1.54) is 17.4 Å². The van der Waals surface area contributed by atoms with Gasteiger partial charge in [0.05, 0.1) is 11.3 Å². The van der Waals surface area contributed by atoms with E-state index in [2.05, 4.69) is 10.3 Å². The van der Waals surface area contributed by atoms with Gasteiger partial charge in [0.1, 0.15) is 0 Å². The van der Waals surface area contributed by atoms with Gasteiger partial charge in [-0.2, -0.15) is 13.2 Å². The summed E-state index contributed by atoms with van der Waals surface area (Å²) in [5, 5.41) is 5.38. The maximum absolute atomic E-state index is 12.8. The molecule has 0 amide bonds. The summed E-state index contributed by atoms with van der Waals surface area (Å²) in [6, 6.07) is 13.1. The second-order valence-electron chi connectivity index (χ2n) is 4.97. The Hall–Kier alpha value is -1.99. The molecule has 1 heterocycles. The zero-order chi connectivity index (χ0) is 17.2. The lowest BCUT2D eigenvalue weighted by atomic mass is 10.2. The molecular formula is C17H13F3N2S2. The van der Waals surface area contributed by atoms with Crippen molar-refractivity contribution in [2.45, 2.75) is 11.1 Å². The fraction of sp³-hybridized carbons (Fsp3) is 0.118. The Morgan fingerprint density at radius 3 is 2.62 bits per heavy atom. The molecule has 0 unspecified atom stereocenters. The van der Waals surface area contributed by atoms with Crippen LogP contribution in [-0.2, 0) is 6.18 Å². The highest BCUT2D eigenvalue weighted by molar-refractivity contribution is 7.98. The third kappa shape index (κ3) is 3.91. The van der Waals surface area contributed by atoms with Crippen molar-refractivity contribution in [2.24, 2.45) is 0 Å². The average molecular weight is 366 g/mol. The Balaban J connectivity index is 1.81. The van der Waals surface area contributed by atoms with Crippen LogP contribution in [0.2, 0.25) is 0 Å². The van der Waals surface area contributed by atoms with Crippen LogP contribution in [0.25, 0.3) is 11.3 Å². The van der Waals surface area contributed by atoms with E-state index in [4.69, 9.17) is 0 Å². The van der Waals surface area contributed by atoms with E-state index in [0.717, 1.165) is 28.3 Å². The lowest BCUT2D eigenvalue weighted by Gasteiger charge is -2.09. The van der Waals surface area contributed by atoms with Gasteiger partial charge in [0.25, 0.3) is 0 Å². The minimum Gasteiger partial charge on any atom is -0.332 e. The summed E-state index contributed by atoms with van der Waals surface area (Å²) >= 11 is 3.00. The van der Waals surface area contributed by atoms with Gasteiger partial charge in [0.2, 0.25) is 0 Å². The van der Waals surface area contributed by atoms with Gasteiger partial charge in [0.15, 0.2) is 5.13 Å². The first-order chi connectivity index (χ1) is 11.5. The molecule has 124 valence electrons. The molecule has 0 saturated carbocycles. The molecule has 2 nitrogen and oxygen atoms in total. The van der Waals surface area contributed by atoms with Gasteiger partial charge >= 0.3 is 6.18 Å². The Morgan fingerprint density at radius 2 is 1.88 bits per heavy atom. The Kier molecular flexibility index (Phi) is 4.82. The molecule has 1 N–H and O–H groups in total. The van der Waals surface area contributed by atoms with Crippen molar-refractivity contribution in [3.63, 3.8) is 0 Å². The standard InChI is InChI=1S/C17H13F3N2S2/c1-23-14-7-2-4-11(8-14)15-10-24-16(22-15)21-13-6-3-5-12(9-13)17(18,19)20/h2-10H,1H3,(H,21,22). The SMILES string of the molecule is CSc1cccc(-c2csc(Nc3cccc(C(F)(F)F)c3)n2)c1. The highest BCUT2D eigenvalue weighted by Crippen LogP contribution is 2.33. The normalized spacial score (nSPS) is 11.5. The molecule has 0 bridgehead atoms.